The van der Waals surface area contributed by atoms with Crippen molar-refractivity contribution in [3.8, 4) is 0 Å². The normalized spacial score (nSPS) is 20.8. The lowest BCUT2D eigenvalue weighted by Gasteiger charge is -2.32. The van der Waals surface area contributed by atoms with E-state index in [4.69, 9.17) is 9.47 Å². The zero-order chi connectivity index (χ0) is 16.7. The van der Waals surface area contributed by atoms with Crippen molar-refractivity contribution >= 4 is 5.91 Å². The van der Waals surface area contributed by atoms with Gasteiger partial charge < -0.3 is 19.4 Å². The van der Waals surface area contributed by atoms with Gasteiger partial charge in [0, 0.05) is 31.1 Å². The minimum absolute atomic E-state index is 0.0442. The quantitative estimate of drug-likeness (QED) is 0.797. The van der Waals surface area contributed by atoms with Gasteiger partial charge in [0.25, 0.3) is 0 Å². The van der Waals surface area contributed by atoms with Crippen LogP contribution in [0.15, 0.2) is 41.0 Å². The van der Waals surface area contributed by atoms with Gasteiger partial charge in [-0.25, -0.2) is 0 Å². The third kappa shape index (κ3) is 6.00. The van der Waals surface area contributed by atoms with E-state index in [9.17, 15) is 9.59 Å². The molecule has 0 aromatic carbocycles. The summed E-state index contributed by atoms with van der Waals surface area (Å²) in [5.74, 6) is -0.125. The first kappa shape index (κ1) is 17.4. The molecule has 0 unspecified atom stereocenters. The van der Waals surface area contributed by atoms with E-state index in [1.165, 1.54) is 17.7 Å². The second-order valence-corrected chi connectivity index (χ2v) is 5.90. The van der Waals surface area contributed by atoms with E-state index in [1.54, 1.807) is 17.0 Å². The highest BCUT2D eigenvalue weighted by atomic mass is 16.5. The maximum Gasteiger partial charge on any atom is 0.240 e. The number of nitrogens with zero attached hydrogens (tertiary/aromatic N) is 1. The van der Waals surface area contributed by atoms with Gasteiger partial charge in [0.2, 0.25) is 5.91 Å². The molecule has 0 bridgehead atoms. The Morgan fingerprint density at radius 1 is 1.43 bits per heavy atom. The average molecular weight is 320 g/mol. The number of amides is 1. The molecule has 1 N–H and O–H groups in total. The van der Waals surface area contributed by atoms with Crippen LogP contribution in [-0.2, 0) is 20.8 Å². The number of hydrogen-bond donors (Lipinski definition) is 1. The molecular formula is C17H24N2O4. The molecule has 1 amide bonds. The van der Waals surface area contributed by atoms with E-state index in [-0.39, 0.29) is 30.0 Å². The fraction of sp³-hybridized carbons (Fsp3) is 0.529. The van der Waals surface area contributed by atoms with Crippen LogP contribution in [0.25, 0.3) is 0 Å². The standard InChI is InChI=1S/C17H24N2O4/c1-13(2)5-10-23-16-6-9-22-12-15(16)18-17(21)11-19-7-3-14(20)4-8-19/h3-5,7-8,15-16H,6,9-12H2,1-2H3,(H,18,21)/t15-,16+/m0/s1. The summed E-state index contributed by atoms with van der Waals surface area (Å²) in [5.41, 5.74) is 1.13. The Morgan fingerprint density at radius 3 is 2.87 bits per heavy atom. The molecule has 1 fully saturated rings. The number of pyridine rings is 1. The van der Waals surface area contributed by atoms with Crippen molar-refractivity contribution in [3.63, 3.8) is 0 Å². The Bertz CT molecular complexity index is 584. The minimum Gasteiger partial charge on any atom is -0.379 e. The minimum atomic E-state index is -0.152. The van der Waals surface area contributed by atoms with Crippen LogP contribution in [0.4, 0.5) is 0 Å². The molecule has 1 aliphatic heterocycles. The van der Waals surface area contributed by atoms with Crippen LogP contribution in [0.2, 0.25) is 0 Å². The largest absolute Gasteiger partial charge is 0.379 e. The highest BCUT2D eigenvalue weighted by Gasteiger charge is 2.27. The van der Waals surface area contributed by atoms with Crippen LogP contribution in [0.5, 0.6) is 0 Å². The van der Waals surface area contributed by atoms with Crippen LogP contribution in [0.1, 0.15) is 20.3 Å². The van der Waals surface area contributed by atoms with Gasteiger partial charge in [0.15, 0.2) is 5.43 Å². The molecule has 6 nitrogen and oxygen atoms in total. The van der Waals surface area contributed by atoms with Gasteiger partial charge in [-0.05, 0) is 20.3 Å². The number of ether oxygens (including phenoxy) is 2. The summed E-state index contributed by atoms with van der Waals surface area (Å²) < 4.78 is 13.0. The molecule has 0 aliphatic carbocycles. The zero-order valence-corrected chi connectivity index (χ0v) is 13.7. The highest BCUT2D eigenvalue weighted by Crippen LogP contribution is 2.12. The SMILES string of the molecule is CC(C)=CCO[C@@H]1CCOC[C@@H]1NC(=O)Cn1ccc(=O)cc1. The molecule has 1 aromatic rings. The molecule has 0 radical (unpaired) electrons. The van der Waals surface area contributed by atoms with Gasteiger partial charge in [-0.15, -0.1) is 0 Å². The number of rotatable bonds is 6. The number of carbonyl (C=O) groups is 1. The van der Waals surface area contributed by atoms with Crippen LogP contribution in [-0.4, -0.2) is 42.4 Å². The van der Waals surface area contributed by atoms with Gasteiger partial charge >= 0.3 is 0 Å². The molecule has 126 valence electrons. The topological polar surface area (TPSA) is 69.6 Å². The lowest BCUT2D eigenvalue weighted by molar-refractivity contribution is -0.126. The van der Waals surface area contributed by atoms with E-state index in [0.717, 1.165) is 6.42 Å². The summed E-state index contributed by atoms with van der Waals surface area (Å²) in [6.07, 6.45) is 5.94. The van der Waals surface area contributed by atoms with Crippen LogP contribution in [0, 0.1) is 0 Å². The number of nitrogens with one attached hydrogen (secondary N) is 1. The molecule has 1 aliphatic rings. The number of allylic oxidation sites excluding steroid dienone is 1. The monoisotopic (exact) mass is 320 g/mol. The highest BCUT2D eigenvalue weighted by molar-refractivity contribution is 5.76. The fourth-order valence-corrected chi connectivity index (χ4v) is 2.36. The second kappa shape index (κ2) is 8.64. The van der Waals surface area contributed by atoms with Crippen molar-refractivity contribution in [2.24, 2.45) is 0 Å². The number of hydrogen-bond acceptors (Lipinski definition) is 4. The Hall–Kier alpha value is -1.92. The molecule has 2 rings (SSSR count). The molecule has 0 spiro atoms. The maximum absolute atomic E-state index is 12.2. The number of aromatic nitrogens is 1. The van der Waals surface area contributed by atoms with E-state index >= 15 is 0 Å². The van der Waals surface area contributed by atoms with Crippen molar-refractivity contribution in [3.05, 3.63) is 46.4 Å². The van der Waals surface area contributed by atoms with Crippen molar-refractivity contribution in [2.75, 3.05) is 19.8 Å². The van der Waals surface area contributed by atoms with Crippen LogP contribution >= 0.6 is 0 Å². The maximum atomic E-state index is 12.2. The van der Waals surface area contributed by atoms with E-state index in [0.29, 0.717) is 19.8 Å². The first-order valence-electron chi connectivity index (χ1n) is 7.83. The van der Waals surface area contributed by atoms with E-state index in [1.807, 2.05) is 19.9 Å². The molecule has 23 heavy (non-hydrogen) atoms. The molecule has 6 heteroatoms. The summed E-state index contributed by atoms with van der Waals surface area (Å²) in [4.78, 5) is 23.2. The molecular weight excluding hydrogens is 296 g/mol. The Labute approximate surface area is 136 Å². The third-order valence-electron chi connectivity index (χ3n) is 3.63. The molecule has 1 saturated heterocycles. The predicted molar refractivity (Wildman–Crippen MR) is 87.2 cm³/mol. The lowest BCUT2D eigenvalue weighted by Crippen LogP contribution is -2.51. The predicted octanol–water partition coefficient (Wildman–Crippen LogP) is 1.10. The van der Waals surface area contributed by atoms with Crippen LogP contribution in [0.3, 0.4) is 0 Å². The van der Waals surface area contributed by atoms with E-state index in [2.05, 4.69) is 5.32 Å². The molecule has 0 saturated carbocycles. The smallest absolute Gasteiger partial charge is 0.240 e. The van der Waals surface area contributed by atoms with E-state index < -0.39 is 0 Å². The lowest BCUT2D eigenvalue weighted by atomic mass is 10.1. The summed E-state index contributed by atoms with van der Waals surface area (Å²) in [6, 6.07) is 2.71. The zero-order valence-electron chi connectivity index (χ0n) is 13.7. The first-order valence-corrected chi connectivity index (χ1v) is 7.83. The van der Waals surface area contributed by atoms with Crippen LogP contribution < -0.4 is 10.7 Å². The average Bonchev–Trinajstić information content (AvgIpc) is 2.51. The van der Waals surface area contributed by atoms with Crippen molar-refractivity contribution in [1.82, 2.24) is 9.88 Å². The van der Waals surface area contributed by atoms with Crippen molar-refractivity contribution < 1.29 is 14.3 Å². The summed E-state index contributed by atoms with van der Waals surface area (Å²) >= 11 is 0. The Kier molecular flexibility index (Phi) is 6.55. The van der Waals surface area contributed by atoms with Crippen molar-refractivity contribution in [1.29, 1.82) is 0 Å². The van der Waals surface area contributed by atoms with Gasteiger partial charge in [0.05, 0.1) is 25.4 Å². The molecule has 2 atom stereocenters. The third-order valence-corrected chi connectivity index (χ3v) is 3.63. The number of carbonyl (C=O) groups excluding carboxylic acids is 1. The van der Waals surface area contributed by atoms with Gasteiger partial charge in [0.1, 0.15) is 6.54 Å². The van der Waals surface area contributed by atoms with Gasteiger partial charge in [-0.3, -0.25) is 9.59 Å². The Balaban J connectivity index is 1.87. The Morgan fingerprint density at radius 2 is 2.17 bits per heavy atom. The van der Waals surface area contributed by atoms with Gasteiger partial charge in [-0.1, -0.05) is 11.6 Å². The first-order chi connectivity index (χ1) is 11.0. The summed E-state index contributed by atoms with van der Waals surface area (Å²) in [7, 11) is 0. The van der Waals surface area contributed by atoms with Gasteiger partial charge in [-0.2, -0.15) is 0 Å². The molecule has 2 heterocycles. The molecule has 1 aromatic heterocycles. The fourth-order valence-electron chi connectivity index (χ4n) is 2.36. The summed E-state index contributed by atoms with van der Waals surface area (Å²) in [5, 5.41) is 2.96. The van der Waals surface area contributed by atoms with Crippen molar-refractivity contribution in [2.45, 2.75) is 39.0 Å². The second-order valence-electron chi connectivity index (χ2n) is 5.90. The summed E-state index contributed by atoms with van der Waals surface area (Å²) in [6.45, 7) is 5.85.